The number of hydrogen-bond acceptors (Lipinski definition) is 6. The van der Waals surface area contributed by atoms with Crippen LogP contribution < -0.4 is 15.4 Å². The number of benzene rings is 1. The van der Waals surface area contributed by atoms with Gasteiger partial charge in [0.25, 0.3) is 0 Å². The summed E-state index contributed by atoms with van der Waals surface area (Å²) in [4.78, 5) is 35.1. The van der Waals surface area contributed by atoms with E-state index >= 15 is 0 Å². The molecule has 26 heavy (non-hydrogen) atoms. The van der Waals surface area contributed by atoms with Crippen LogP contribution in [0.2, 0.25) is 0 Å². The minimum Gasteiger partial charge on any atom is -0.490 e. The van der Waals surface area contributed by atoms with Crippen LogP contribution in [0.1, 0.15) is 32.4 Å². The number of nitro groups is 1. The molecular weight excluding hydrogens is 342 g/mol. The topological polar surface area (TPSA) is 120 Å². The van der Waals surface area contributed by atoms with Crippen molar-refractivity contribution in [2.75, 3.05) is 13.7 Å². The maximum Gasteiger partial charge on any atom is 0.338 e. The number of carbonyl (C=O) groups excluding carboxylic acids is 2. The van der Waals surface area contributed by atoms with Gasteiger partial charge in [0, 0.05) is 11.8 Å². The van der Waals surface area contributed by atoms with Gasteiger partial charge in [-0.3, -0.25) is 10.1 Å². The molecule has 0 spiro atoms. The van der Waals surface area contributed by atoms with Crippen LogP contribution in [-0.2, 0) is 9.53 Å². The van der Waals surface area contributed by atoms with Crippen LogP contribution in [0, 0.1) is 16.0 Å². The van der Waals surface area contributed by atoms with Crippen molar-refractivity contribution in [3.05, 3.63) is 45.1 Å². The zero-order valence-corrected chi connectivity index (χ0v) is 15.0. The molecule has 2 N–H and O–H groups in total. The van der Waals surface area contributed by atoms with Crippen LogP contribution in [0.25, 0.3) is 0 Å². The summed E-state index contributed by atoms with van der Waals surface area (Å²) in [6, 6.07) is 2.89. The summed E-state index contributed by atoms with van der Waals surface area (Å²) < 4.78 is 10.3. The fourth-order valence-electron chi connectivity index (χ4n) is 2.56. The summed E-state index contributed by atoms with van der Waals surface area (Å²) >= 11 is 0. The van der Waals surface area contributed by atoms with Gasteiger partial charge >= 0.3 is 17.7 Å². The van der Waals surface area contributed by atoms with Crippen molar-refractivity contribution in [1.29, 1.82) is 0 Å². The number of allylic oxidation sites excluding steroid dienone is 1. The van der Waals surface area contributed by atoms with E-state index < -0.39 is 23.0 Å². The van der Waals surface area contributed by atoms with Crippen molar-refractivity contribution in [3.63, 3.8) is 0 Å². The van der Waals surface area contributed by atoms with Crippen molar-refractivity contribution >= 4 is 17.7 Å². The molecule has 9 heteroatoms. The fourth-order valence-corrected chi connectivity index (χ4v) is 2.56. The van der Waals surface area contributed by atoms with Crippen LogP contribution in [0.5, 0.6) is 5.75 Å². The number of rotatable bonds is 6. The average molecular weight is 363 g/mol. The minimum atomic E-state index is -0.868. The molecule has 0 fully saturated rings. The van der Waals surface area contributed by atoms with Crippen LogP contribution >= 0.6 is 0 Å². The minimum absolute atomic E-state index is 0.0867. The summed E-state index contributed by atoms with van der Waals surface area (Å²) in [5.41, 5.74) is 0.657. The molecule has 1 heterocycles. The predicted molar refractivity (Wildman–Crippen MR) is 92.6 cm³/mol. The van der Waals surface area contributed by atoms with Crippen LogP contribution in [0.3, 0.4) is 0 Å². The fraction of sp³-hybridized carbons (Fsp3) is 0.412. The molecule has 0 aliphatic carbocycles. The van der Waals surface area contributed by atoms with Gasteiger partial charge < -0.3 is 20.1 Å². The number of ether oxygens (including phenoxy) is 2. The first-order valence-electron chi connectivity index (χ1n) is 8.02. The molecule has 0 bridgehead atoms. The predicted octanol–water partition coefficient (Wildman–Crippen LogP) is 2.43. The second-order valence-electron chi connectivity index (χ2n) is 6.25. The van der Waals surface area contributed by atoms with E-state index in [9.17, 15) is 19.7 Å². The lowest BCUT2D eigenvalue weighted by molar-refractivity contribution is -0.385. The molecule has 1 unspecified atom stereocenters. The lowest BCUT2D eigenvalue weighted by Crippen LogP contribution is -2.45. The zero-order valence-electron chi connectivity index (χ0n) is 15.0. The third kappa shape index (κ3) is 4.11. The summed E-state index contributed by atoms with van der Waals surface area (Å²) in [7, 11) is 1.33. The van der Waals surface area contributed by atoms with Gasteiger partial charge in [0.2, 0.25) is 0 Å². The Bertz CT molecular complexity index is 772. The number of esters is 1. The summed E-state index contributed by atoms with van der Waals surface area (Å²) in [5, 5.41) is 16.4. The quantitative estimate of drug-likeness (QED) is 0.455. The highest BCUT2D eigenvalue weighted by Crippen LogP contribution is 2.34. The Kier molecular flexibility index (Phi) is 5.81. The van der Waals surface area contributed by atoms with Crippen LogP contribution in [0.4, 0.5) is 10.5 Å². The Labute approximate surface area is 150 Å². The highest BCUT2D eigenvalue weighted by atomic mass is 16.6. The Hall–Kier alpha value is -3.10. The molecule has 1 aromatic carbocycles. The third-order valence-corrected chi connectivity index (χ3v) is 3.77. The van der Waals surface area contributed by atoms with Gasteiger partial charge in [-0.25, -0.2) is 9.59 Å². The average Bonchev–Trinajstić information content (AvgIpc) is 2.58. The highest BCUT2D eigenvalue weighted by Gasteiger charge is 2.33. The van der Waals surface area contributed by atoms with Crippen molar-refractivity contribution < 1.29 is 24.0 Å². The summed E-state index contributed by atoms with van der Waals surface area (Å²) in [6.07, 6.45) is 0. The number of urea groups is 1. The molecule has 0 saturated heterocycles. The van der Waals surface area contributed by atoms with E-state index in [-0.39, 0.29) is 29.5 Å². The second-order valence-corrected chi connectivity index (χ2v) is 6.25. The standard InChI is InChI=1S/C17H21N3O6/c1-9(2)8-26-16(21)14-10(3)18-17(22)19-15(14)11-5-6-13(25-4)12(7-11)20(23)24/h5-7,9,15H,8H2,1-4H3,(H2,18,19,22). The maximum absolute atomic E-state index is 12.5. The van der Waals surface area contributed by atoms with Gasteiger partial charge in [0.15, 0.2) is 5.75 Å². The number of amides is 2. The molecule has 1 aromatic rings. The van der Waals surface area contributed by atoms with Crippen molar-refractivity contribution in [2.24, 2.45) is 5.92 Å². The lowest BCUT2D eigenvalue weighted by Gasteiger charge is -2.28. The molecular formula is C17H21N3O6. The van der Waals surface area contributed by atoms with Gasteiger partial charge in [-0.2, -0.15) is 0 Å². The Morgan fingerprint density at radius 3 is 2.65 bits per heavy atom. The van der Waals surface area contributed by atoms with Gasteiger partial charge in [0.1, 0.15) is 0 Å². The van der Waals surface area contributed by atoms with Gasteiger partial charge in [-0.1, -0.05) is 19.9 Å². The number of carbonyl (C=O) groups is 2. The highest BCUT2D eigenvalue weighted by molar-refractivity contribution is 5.95. The monoisotopic (exact) mass is 363 g/mol. The summed E-state index contributed by atoms with van der Waals surface area (Å²) in [6.45, 7) is 5.61. The molecule has 0 saturated carbocycles. The van der Waals surface area contributed by atoms with Crippen molar-refractivity contribution in [2.45, 2.75) is 26.8 Å². The molecule has 140 valence electrons. The first-order valence-corrected chi connectivity index (χ1v) is 8.02. The first kappa shape index (κ1) is 19.2. The molecule has 1 atom stereocenters. The SMILES string of the molecule is COc1ccc(C2NC(=O)NC(C)=C2C(=O)OCC(C)C)cc1[N+](=O)[O-]. The number of nitrogens with one attached hydrogen (secondary N) is 2. The van der Waals surface area contributed by atoms with Crippen molar-refractivity contribution in [3.8, 4) is 5.75 Å². The van der Waals surface area contributed by atoms with E-state index in [0.29, 0.717) is 11.3 Å². The Morgan fingerprint density at radius 2 is 2.08 bits per heavy atom. The van der Waals surface area contributed by atoms with E-state index in [4.69, 9.17) is 9.47 Å². The molecule has 0 radical (unpaired) electrons. The number of methoxy groups -OCH3 is 1. The number of nitrogens with zero attached hydrogens (tertiary/aromatic N) is 1. The molecule has 1 aliphatic heterocycles. The first-order chi connectivity index (χ1) is 12.2. The molecule has 9 nitrogen and oxygen atoms in total. The van der Waals surface area contributed by atoms with E-state index in [0.717, 1.165) is 0 Å². The normalized spacial score (nSPS) is 16.8. The smallest absolute Gasteiger partial charge is 0.338 e. The third-order valence-electron chi connectivity index (χ3n) is 3.77. The molecule has 0 aromatic heterocycles. The number of hydrogen-bond donors (Lipinski definition) is 2. The Morgan fingerprint density at radius 1 is 1.38 bits per heavy atom. The van der Waals surface area contributed by atoms with Crippen LogP contribution in [-0.4, -0.2) is 30.6 Å². The van der Waals surface area contributed by atoms with E-state index in [1.807, 2.05) is 13.8 Å². The largest absolute Gasteiger partial charge is 0.490 e. The Balaban J connectivity index is 2.46. The van der Waals surface area contributed by atoms with Gasteiger partial charge in [0.05, 0.1) is 30.3 Å². The van der Waals surface area contributed by atoms with E-state index in [1.54, 1.807) is 13.0 Å². The van der Waals surface area contributed by atoms with Crippen molar-refractivity contribution in [1.82, 2.24) is 10.6 Å². The van der Waals surface area contributed by atoms with Crippen LogP contribution in [0.15, 0.2) is 29.5 Å². The summed E-state index contributed by atoms with van der Waals surface area (Å²) in [5.74, 6) is -0.359. The van der Waals surface area contributed by atoms with E-state index in [1.165, 1.54) is 19.2 Å². The van der Waals surface area contributed by atoms with E-state index in [2.05, 4.69) is 10.6 Å². The van der Waals surface area contributed by atoms with Gasteiger partial charge in [-0.15, -0.1) is 0 Å². The van der Waals surface area contributed by atoms with Gasteiger partial charge in [-0.05, 0) is 24.5 Å². The number of nitro benzene ring substituents is 1. The molecule has 2 rings (SSSR count). The maximum atomic E-state index is 12.5. The molecule has 2 amide bonds. The zero-order chi connectivity index (χ0) is 19.4. The lowest BCUT2D eigenvalue weighted by atomic mass is 9.95. The second kappa shape index (κ2) is 7.85. The molecule has 1 aliphatic rings.